The molecule has 1 aliphatic carbocycles. The van der Waals surface area contributed by atoms with Crippen LogP contribution in [0.2, 0.25) is 5.02 Å². The zero-order valence-corrected chi connectivity index (χ0v) is 10.9. The van der Waals surface area contributed by atoms with Crippen molar-refractivity contribution in [3.8, 4) is 0 Å². The van der Waals surface area contributed by atoms with Crippen LogP contribution in [0.25, 0.3) is 0 Å². The number of aliphatic hydroxyl groups is 1. The molecule has 1 aromatic carbocycles. The predicted molar refractivity (Wildman–Crippen MR) is 68.4 cm³/mol. The SMILES string of the molecule is OC[C@@H]1OC2(CCCC2)O[C@H]1c1ccc(Cl)cc1. The molecule has 0 aromatic heterocycles. The number of halogens is 1. The first kappa shape index (κ1) is 12.4. The molecule has 3 nitrogen and oxygen atoms in total. The summed E-state index contributed by atoms with van der Waals surface area (Å²) in [5.41, 5.74) is 1.02. The Hall–Kier alpha value is -0.610. The van der Waals surface area contributed by atoms with Gasteiger partial charge in [0.1, 0.15) is 12.2 Å². The van der Waals surface area contributed by atoms with E-state index in [4.69, 9.17) is 21.1 Å². The van der Waals surface area contributed by atoms with Gasteiger partial charge in [-0.25, -0.2) is 0 Å². The van der Waals surface area contributed by atoms with Gasteiger partial charge in [0.15, 0.2) is 5.79 Å². The summed E-state index contributed by atoms with van der Waals surface area (Å²) in [5.74, 6) is -0.461. The molecule has 0 bridgehead atoms. The number of hydrogen-bond donors (Lipinski definition) is 1. The lowest BCUT2D eigenvalue weighted by Crippen LogP contribution is -2.27. The second kappa shape index (κ2) is 4.82. The Balaban J connectivity index is 1.84. The van der Waals surface area contributed by atoms with Crippen molar-refractivity contribution in [2.45, 2.75) is 43.7 Å². The van der Waals surface area contributed by atoms with Gasteiger partial charge in [0.2, 0.25) is 0 Å². The second-order valence-electron chi connectivity index (χ2n) is 5.05. The van der Waals surface area contributed by atoms with Crippen molar-refractivity contribution in [2.75, 3.05) is 6.61 Å². The first-order chi connectivity index (χ1) is 8.72. The molecular weight excluding hydrogens is 252 g/mol. The number of ether oxygens (including phenoxy) is 2. The maximum atomic E-state index is 9.46. The van der Waals surface area contributed by atoms with Crippen LogP contribution < -0.4 is 0 Å². The highest BCUT2D eigenvalue weighted by Crippen LogP contribution is 2.46. The second-order valence-corrected chi connectivity index (χ2v) is 5.48. The standard InChI is InChI=1S/C14H17ClO3/c15-11-5-3-10(4-6-11)13-12(9-16)17-14(18-13)7-1-2-8-14/h3-6,12-13,16H,1-2,7-9H2/t12-,13-/m0/s1. The van der Waals surface area contributed by atoms with Gasteiger partial charge in [-0.2, -0.15) is 0 Å². The van der Waals surface area contributed by atoms with Crippen molar-refractivity contribution in [1.82, 2.24) is 0 Å². The normalized spacial score (nSPS) is 30.1. The van der Waals surface area contributed by atoms with Gasteiger partial charge in [0.05, 0.1) is 6.61 Å². The molecular formula is C14H17ClO3. The highest BCUT2D eigenvalue weighted by atomic mass is 35.5. The van der Waals surface area contributed by atoms with Crippen molar-refractivity contribution >= 4 is 11.6 Å². The van der Waals surface area contributed by atoms with Gasteiger partial charge in [-0.15, -0.1) is 0 Å². The van der Waals surface area contributed by atoms with E-state index in [0.29, 0.717) is 5.02 Å². The van der Waals surface area contributed by atoms with Crippen LogP contribution in [0.15, 0.2) is 24.3 Å². The van der Waals surface area contributed by atoms with Crippen molar-refractivity contribution in [2.24, 2.45) is 0 Å². The van der Waals surface area contributed by atoms with E-state index >= 15 is 0 Å². The summed E-state index contributed by atoms with van der Waals surface area (Å²) in [4.78, 5) is 0. The van der Waals surface area contributed by atoms with Crippen LogP contribution in [-0.4, -0.2) is 23.6 Å². The molecule has 0 amide bonds. The fourth-order valence-corrected chi connectivity index (χ4v) is 3.02. The Bertz CT molecular complexity index is 412. The topological polar surface area (TPSA) is 38.7 Å². The minimum Gasteiger partial charge on any atom is -0.394 e. The van der Waals surface area contributed by atoms with Gasteiger partial charge >= 0.3 is 0 Å². The van der Waals surface area contributed by atoms with E-state index in [2.05, 4.69) is 0 Å². The molecule has 1 aliphatic heterocycles. The number of aliphatic hydroxyl groups excluding tert-OH is 1. The van der Waals surface area contributed by atoms with E-state index in [9.17, 15) is 5.11 Å². The molecule has 1 aromatic rings. The van der Waals surface area contributed by atoms with Gasteiger partial charge in [-0.3, -0.25) is 0 Å². The maximum Gasteiger partial charge on any atom is 0.169 e. The molecule has 1 saturated carbocycles. The monoisotopic (exact) mass is 268 g/mol. The van der Waals surface area contributed by atoms with E-state index in [-0.39, 0.29) is 18.8 Å². The quantitative estimate of drug-likeness (QED) is 0.896. The van der Waals surface area contributed by atoms with Crippen molar-refractivity contribution < 1.29 is 14.6 Å². The third kappa shape index (κ3) is 2.16. The summed E-state index contributed by atoms with van der Waals surface area (Å²) in [6.45, 7) is -0.0188. The molecule has 2 aliphatic rings. The molecule has 1 spiro atoms. The minimum absolute atomic E-state index is 0.0188. The average molecular weight is 269 g/mol. The Kier molecular flexibility index (Phi) is 3.32. The first-order valence-corrected chi connectivity index (χ1v) is 6.82. The van der Waals surface area contributed by atoms with Crippen LogP contribution in [-0.2, 0) is 9.47 Å². The van der Waals surface area contributed by atoms with E-state index in [1.165, 1.54) is 0 Å². The molecule has 1 N–H and O–H groups in total. The lowest BCUT2D eigenvalue weighted by atomic mass is 10.1. The maximum absolute atomic E-state index is 9.46. The van der Waals surface area contributed by atoms with Crippen LogP contribution in [0.5, 0.6) is 0 Å². The minimum atomic E-state index is -0.461. The van der Waals surface area contributed by atoms with Gasteiger partial charge in [-0.05, 0) is 30.5 Å². The van der Waals surface area contributed by atoms with Gasteiger partial charge in [0.25, 0.3) is 0 Å². The zero-order valence-electron chi connectivity index (χ0n) is 10.1. The Labute approximate surface area is 112 Å². The van der Waals surface area contributed by atoms with Crippen LogP contribution >= 0.6 is 11.6 Å². The Morgan fingerprint density at radius 3 is 2.44 bits per heavy atom. The van der Waals surface area contributed by atoms with E-state index < -0.39 is 5.79 Å². The van der Waals surface area contributed by atoms with Crippen LogP contribution in [0.4, 0.5) is 0 Å². The number of rotatable bonds is 2. The molecule has 2 fully saturated rings. The van der Waals surface area contributed by atoms with Gasteiger partial charge in [-0.1, -0.05) is 23.7 Å². The molecule has 98 valence electrons. The third-order valence-electron chi connectivity index (χ3n) is 3.79. The molecule has 1 heterocycles. The summed E-state index contributed by atoms with van der Waals surface area (Å²) in [7, 11) is 0. The van der Waals surface area contributed by atoms with E-state index in [1.54, 1.807) is 0 Å². The number of hydrogen-bond acceptors (Lipinski definition) is 3. The van der Waals surface area contributed by atoms with E-state index in [1.807, 2.05) is 24.3 Å². The smallest absolute Gasteiger partial charge is 0.169 e. The summed E-state index contributed by atoms with van der Waals surface area (Å²) in [5, 5.41) is 10.2. The van der Waals surface area contributed by atoms with Gasteiger partial charge < -0.3 is 14.6 Å². The average Bonchev–Trinajstić information content (AvgIpc) is 2.98. The van der Waals surface area contributed by atoms with Crippen molar-refractivity contribution in [1.29, 1.82) is 0 Å². The molecule has 3 rings (SSSR count). The van der Waals surface area contributed by atoms with Crippen molar-refractivity contribution in [3.63, 3.8) is 0 Å². The zero-order chi connectivity index (χ0) is 12.6. The van der Waals surface area contributed by atoms with E-state index in [0.717, 1.165) is 31.2 Å². The highest BCUT2D eigenvalue weighted by Gasteiger charge is 2.49. The Morgan fingerprint density at radius 2 is 1.83 bits per heavy atom. The summed E-state index contributed by atoms with van der Waals surface area (Å²) in [6.07, 6.45) is 3.65. The number of benzene rings is 1. The molecule has 0 unspecified atom stereocenters. The molecule has 1 saturated heterocycles. The fraction of sp³-hybridized carbons (Fsp3) is 0.571. The molecule has 2 atom stereocenters. The van der Waals surface area contributed by atoms with Crippen molar-refractivity contribution in [3.05, 3.63) is 34.9 Å². The fourth-order valence-electron chi connectivity index (χ4n) is 2.89. The first-order valence-electron chi connectivity index (χ1n) is 6.44. The summed E-state index contributed by atoms with van der Waals surface area (Å²) in [6, 6.07) is 7.56. The lowest BCUT2D eigenvalue weighted by molar-refractivity contribution is -0.172. The molecule has 18 heavy (non-hydrogen) atoms. The lowest BCUT2D eigenvalue weighted by Gasteiger charge is -2.21. The van der Waals surface area contributed by atoms with Crippen LogP contribution in [0.3, 0.4) is 0 Å². The third-order valence-corrected chi connectivity index (χ3v) is 4.04. The Morgan fingerprint density at radius 1 is 1.17 bits per heavy atom. The molecule has 4 heteroatoms. The largest absolute Gasteiger partial charge is 0.394 e. The molecule has 0 radical (unpaired) electrons. The summed E-state index contributed by atoms with van der Waals surface area (Å²) < 4.78 is 12.1. The highest BCUT2D eigenvalue weighted by molar-refractivity contribution is 6.30. The predicted octanol–water partition coefficient (Wildman–Crippen LogP) is 3.06. The summed E-state index contributed by atoms with van der Waals surface area (Å²) >= 11 is 5.89. The van der Waals surface area contributed by atoms with Crippen LogP contribution in [0.1, 0.15) is 37.4 Å². The van der Waals surface area contributed by atoms with Gasteiger partial charge in [0, 0.05) is 17.9 Å². The van der Waals surface area contributed by atoms with Crippen LogP contribution in [0, 0.1) is 0 Å².